The number of carbonyl (C=O) groups is 3. The van der Waals surface area contributed by atoms with Crippen LogP contribution in [0.3, 0.4) is 0 Å². The molecule has 1 heterocycles. The summed E-state index contributed by atoms with van der Waals surface area (Å²) in [5.74, 6) is -2.23. The number of halogens is 1. The van der Waals surface area contributed by atoms with Gasteiger partial charge < -0.3 is 15.8 Å². The van der Waals surface area contributed by atoms with Gasteiger partial charge in [-0.05, 0) is 56.0 Å². The summed E-state index contributed by atoms with van der Waals surface area (Å²) in [6.07, 6.45) is 2.47. The van der Waals surface area contributed by atoms with Gasteiger partial charge >= 0.3 is 5.97 Å². The first kappa shape index (κ1) is 23.2. The van der Waals surface area contributed by atoms with Crippen molar-refractivity contribution in [3.8, 4) is 0 Å². The van der Waals surface area contributed by atoms with E-state index in [0.717, 1.165) is 29.7 Å². The minimum absolute atomic E-state index is 0.0704. The molecule has 1 aromatic carbocycles. The number of nitrogens with one attached hydrogen (secondary N) is 2. The first-order valence-electron chi connectivity index (χ1n) is 9.27. The second-order valence-corrected chi connectivity index (χ2v) is 10.1. The fourth-order valence-corrected chi connectivity index (χ4v) is 5.77. The number of carbonyl (C=O) groups excluding carboxylic acids is 3. The number of anilines is 1. The number of benzene rings is 1. The molecule has 3 rings (SSSR count). The van der Waals surface area contributed by atoms with Crippen LogP contribution in [0.4, 0.5) is 5.00 Å². The first-order chi connectivity index (χ1) is 14.6. The zero-order valence-corrected chi connectivity index (χ0v) is 18.8. The smallest absolute Gasteiger partial charge is 0.324 e. The average molecular weight is 486 g/mol. The Morgan fingerprint density at radius 1 is 1.23 bits per heavy atom. The number of esters is 1. The maximum absolute atomic E-state index is 12.3. The molecule has 31 heavy (non-hydrogen) atoms. The molecule has 2 amide bonds. The van der Waals surface area contributed by atoms with E-state index in [1.54, 1.807) is 0 Å². The molecule has 1 aromatic heterocycles. The second-order valence-electron chi connectivity index (χ2n) is 6.88. The number of amides is 2. The Morgan fingerprint density at radius 2 is 1.90 bits per heavy atom. The Bertz CT molecular complexity index is 1130. The molecule has 0 bridgehead atoms. The van der Waals surface area contributed by atoms with Crippen LogP contribution in [0.15, 0.2) is 29.2 Å². The molecule has 1 aliphatic carbocycles. The van der Waals surface area contributed by atoms with E-state index in [9.17, 15) is 22.8 Å². The average Bonchev–Trinajstić information content (AvgIpc) is 3.26. The molecule has 0 aliphatic heterocycles. The molecule has 9 nitrogen and oxygen atoms in total. The summed E-state index contributed by atoms with van der Waals surface area (Å²) in [5.41, 5.74) is 6.59. The van der Waals surface area contributed by atoms with Gasteiger partial charge in [-0.1, -0.05) is 11.6 Å². The van der Waals surface area contributed by atoms with Gasteiger partial charge in [0.15, 0.2) is 6.61 Å². The summed E-state index contributed by atoms with van der Waals surface area (Å²) < 4.78 is 31.7. The minimum Gasteiger partial charge on any atom is -0.454 e. The lowest BCUT2D eigenvalue weighted by Gasteiger charge is -2.14. The highest BCUT2D eigenvalue weighted by atomic mass is 35.5. The van der Waals surface area contributed by atoms with E-state index in [2.05, 4.69) is 10.0 Å². The summed E-state index contributed by atoms with van der Waals surface area (Å²) in [4.78, 5) is 37.0. The number of primary amides is 1. The van der Waals surface area contributed by atoms with Gasteiger partial charge in [0.1, 0.15) is 11.0 Å². The second kappa shape index (κ2) is 9.35. The maximum atomic E-state index is 12.3. The molecule has 0 radical (unpaired) electrons. The molecule has 0 saturated heterocycles. The Labute approximate surface area is 188 Å². The number of hydrogen-bond acceptors (Lipinski definition) is 7. The van der Waals surface area contributed by atoms with Gasteiger partial charge in [-0.25, -0.2) is 8.42 Å². The summed E-state index contributed by atoms with van der Waals surface area (Å²) >= 11 is 7.02. The number of hydrogen-bond donors (Lipinski definition) is 3. The van der Waals surface area contributed by atoms with E-state index in [1.165, 1.54) is 42.5 Å². The Balaban J connectivity index is 1.56. The lowest BCUT2D eigenvalue weighted by Crippen LogP contribution is -2.40. The Kier molecular flexibility index (Phi) is 6.99. The van der Waals surface area contributed by atoms with Crippen LogP contribution in [0.2, 0.25) is 5.02 Å². The van der Waals surface area contributed by atoms with Gasteiger partial charge in [-0.15, -0.1) is 11.3 Å². The molecule has 1 aliphatic rings. The number of fused-ring (bicyclic) bond motifs is 1. The maximum Gasteiger partial charge on any atom is 0.324 e. The summed E-state index contributed by atoms with van der Waals surface area (Å²) in [6.45, 7) is 0.648. The van der Waals surface area contributed by atoms with Crippen molar-refractivity contribution in [2.45, 2.75) is 37.1 Å². The minimum atomic E-state index is -3.98. The predicted octanol–water partition coefficient (Wildman–Crippen LogP) is 1.84. The number of rotatable bonds is 8. The zero-order valence-electron chi connectivity index (χ0n) is 16.4. The van der Waals surface area contributed by atoms with Crippen LogP contribution in [0.5, 0.6) is 0 Å². The molecule has 12 heteroatoms. The summed E-state index contributed by atoms with van der Waals surface area (Å²) in [6, 6.07) is 4.17. The van der Waals surface area contributed by atoms with Gasteiger partial charge in [0.05, 0.1) is 10.5 Å². The van der Waals surface area contributed by atoms with Crippen molar-refractivity contribution >= 4 is 55.7 Å². The number of ether oxygens (including phenoxy) is 1. The highest BCUT2D eigenvalue weighted by Gasteiger charge is 2.27. The molecule has 1 atom stereocenters. The molecular weight excluding hydrogens is 466 g/mol. The Hall–Kier alpha value is -2.47. The fraction of sp³-hybridized carbons (Fsp3) is 0.316. The van der Waals surface area contributed by atoms with Crippen molar-refractivity contribution in [3.63, 3.8) is 0 Å². The number of nitrogens with two attached hydrogens (primary N) is 1. The Morgan fingerprint density at radius 3 is 2.55 bits per heavy atom. The van der Waals surface area contributed by atoms with Crippen LogP contribution < -0.4 is 15.8 Å². The lowest BCUT2D eigenvalue weighted by atomic mass is 10.1. The highest BCUT2D eigenvalue weighted by Crippen LogP contribution is 2.38. The lowest BCUT2D eigenvalue weighted by molar-refractivity contribution is -0.148. The van der Waals surface area contributed by atoms with Gasteiger partial charge in [0.2, 0.25) is 10.0 Å². The zero-order chi connectivity index (χ0) is 22.8. The van der Waals surface area contributed by atoms with Crippen LogP contribution in [0.25, 0.3) is 0 Å². The van der Waals surface area contributed by atoms with Gasteiger partial charge in [-0.3, -0.25) is 14.4 Å². The third kappa shape index (κ3) is 5.42. The predicted molar refractivity (Wildman–Crippen MR) is 116 cm³/mol. The molecule has 1 unspecified atom stereocenters. The van der Waals surface area contributed by atoms with E-state index in [0.29, 0.717) is 15.6 Å². The molecule has 2 aromatic rings. The van der Waals surface area contributed by atoms with Crippen LogP contribution in [-0.2, 0) is 37.2 Å². The van der Waals surface area contributed by atoms with E-state index < -0.39 is 40.5 Å². The van der Waals surface area contributed by atoms with Crippen molar-refractivity contribution in [2.24, 2.45) is 5.73 Å². The SMILES string of the molecule is CC(NS(=O)(=O)c1ccc(Cl)cc1)C(=O)OCC(=O)Nc1sc2c(c1C(N)=O)CCC2. The summed E-state index contributed by atoms with van der Waals surface area (Å²) in [7, 11) is -3.98. The van der Waals surface area contributed by atoms with Gasteiger partial charge in [0.25, 0.3) is 11.8 Å². The normalized spacial score (nSPS) is 14.0. The molecule has 4 N–H and O–H groups in total. The van der Waals surface area contributed by atoms with Crippen LogP contribution in [0, 0.1) is 0 Å². The monoisotopic (exact) mass is 485 g/mol. The molecular formula is C19H20ClN3O6S2. The third-order valence-corrected chi connectivity index (χ3v) is 7.59. The van der Waals surface area contributed by atoms with Crippen LogP contribution >= 0.6 is 22.9 Å². The van der Waals surface area contributed by atoms with Crippen molar-refractivity contribution in [3.05, 3.63) is 45.3 Å². The number of sulfonamides is 1. The molecule has 166 valence electrons. The van der Waals surface area contributed by atoms with Crippen molar-refractivity contribution < 1.29 is 27.5 Å². The highest BCUT2D eigenvalue weighted by molar-refractivity contribution is 7.89. The molecule has 0 fully saturated rings. The standard InChI is InChI=1S/C19H20ClN3O6S2/c1-10(23-31(27,28)12-7-5-11(20)6-8-12)19(26)29-9-15(24)22-18-16(17(21)25)13-3-2-4-14(13)30-18/h5-8,10,23H,2-4,9H2,1H3,(H2,21,25)(H,22,24). The van der Waals surface area contributed by atoms with Crippen molar-refractivity contribution in [2.75, 3.05) is 11.9 Å². The topological polar surface area (TPSA) is 145 Å². The van der Waals surface area contributed by atoms with Crippen LogP contribution in [-0.4, -0.2) is 38.9 Å². The number of thiophene rings is 1. The van der Waals surface area contributed by atoms with Crippen LogP contribution in [0.1, 0.15) is 34.1 Å². The third-order valence-electron chi connectivity index (χ3n) is 4.58. The van der Waals surface area contributed by atoms with E-state index in [1.807, 2.05) is 0 Å². The summed E-state index contributed by atoms with van der Waals surface area (Å²) in [5, 5.41) is 3.24. The van der Waals surface area contributed by atoms with Gasteiger partial charge in [0, 0.05) is 9.90 Å². The van der Waals surface area contributed by atoms with E-state index in [-0.39, 0.29) is 4.90 Å². The first-order valence-corrected chi connectivity index (χ1v) is 11.9. The van der Waals surface area contributed by atoms with Crippen molar-refractivity contribution in [1.29, 1.82) is 0 Å². The van der Waals surface area contributed by atoms with Crippen molar-refractivity contribution in [1.82, 2.24) is 4.72 Å². The molecule has 0 spiro atoms. The fourth-order valence-electron chi connectivity index (χ4n) is 3.14. The van der Waals surface area contributed by atoms with Gasteiger partial charge in [-0.2, -0.15) is 4.72 Å². The quantitative estimate of drug-likeness (QED) is 0.486. The largest absolute Gasteiger partial charge is 0.454 e. The number of aryl methyl sites for hydroxylation is 1. The van der Waals surface area contributed by atoms with E-state index in [4.69, 9.17) is 22.1 Å². The van der Waals surface area contributed by atoms with E-state index >= 15 is 0 Å². The molecule has 0 saturated carbocycles.